The Balaban J connectivity index is 1.62. The second-order valence-corrected chi connectivity index (χ2v) is 11.7. The van der Waals surface area contributed by atoms with Gasteiger partial charge < -0.3 is 66.9 Å². The van der Waals surface area contributed by atoms with Crippen molar-refractivity contribution >= 4 is 6.09 Å². The summed E-state index contributed by atoms with van der Waals surface area (Å²) in [6.07, 6.45) is -0.453. The average molecular weight is 736 g/mol. The van der Waals surface area contributed by atoms with E-state index in [0.29, 0.717) is 165 Å². The van der Waals surface area contributed by atoms with E-state index < -0.39 is 11.7 Å². The Morgan fingerprint density at radius 1 is 0.431 bits per heavy atom. The van der Waals surface area contributed by atoms with Gasteiger partial charge in [-0.15, -0.1) is 0 Å². The molecule has 0 radical (unpaired) electrons. The molecule has 0 aliphatic carbocycles. The second-order valence-electron chi connectivity index (χ2n) is 11.7. The second kappa shape index (κ2) is 36.4. The molecule has 0 fully saturated rings. The van der Waals surface area contributed by atoms with E-state index in [1.807, 2.05) is 51.1 Å². The highest BCUT2D eigenvalue weighted by Crippen LogP contribution is 2.06. The molecule has 1 aromatic rings. The van der Waals surface area contributed by atoms with E-state index in [1.165, 1.54) is 0 Å². The van der Waals surface area contributed by atoms with Crippen LogP contribution in [0, 0.1) is 0 Å². The number of alkyl carbamates (subject to hydrolysis) is 1. The summed E-state index contributed by atoms with van der Waals surface area (Å²) < 4.78 is 70.9. The fourth-order valence-electron chi connectivity index (χ4n) is 3.72. The highest BCUT2D eigenvalue weighted by atomic mass is 16.6. The summed E-state index contributed by atoms with van der Waals surface area (Å²) in [5.74, 6) is 0. The monoisotopic (exact) mass is 735 g/mol. The molecule has 0 aromatic heterocycles. The van der Waals surface area contributed by atoms with Gasteiger partial charge in [-0.2, -0.15) is 0 Å². The van der Waals surface area contributed by atoms with Crippen molar-refractivity contribution in [3.8, 4) is 0 Å². The molecule has 0 bridgehead atoms. The molecule has 15 nitrogen and oxygen atoms in total. The zero-order chi connectivity index (χ0) is 36.8. The quantitative estimate of drug-likeness (QED) is 0.0993. The average Bonchev–Trinajstić information content (AvgIpc) is 3.11. The van der Waals surface area contributed by atoms with Gasteiger partial charge in [-0.25, -0.2) is 4.79 Å². The summed E-state index contributed by atoms with van der Waals surface area (Å²) >= 11 is 0. The van der Waals surface area contributed by atoms with E-state index in [1.54, 1.807) is 0 Å². The Labute approximate surface area is 305 Å². The van der Waals surface area contributed by atoms with E-state index in [2.05, 4.69) is 5.32 Å². The summed E-state index contributed by atoms with van der Waals surface area (Å²) in [6, 6.07) is 10.1. The molecule has 0 heterocycles. The van der Waals surface area contributed by atoms with Gasteiger partial charge in [-0.1, -0.05) is 30.3 Å². The molecule has 1 N–H and O–H groups in total. The van der Waals surface area contributed by atoms with Crippen molar-refractivity contribution in [1.29, 1.82) is 0 Å². The lowest BCUT2D eigenvalue weighted by molar-refractivity contribution is -0.0285. The number of hydrogen-bond acceptors (Lipinski definition) is 14. The van der Waals surface area contributed by atoms with Crippen molar-refractivity contribution in [2.24, 2.45) is 0 Å². The van der Waals surface area contributed by atoms with Gasteiger partial charge in [-0.3, -0.25) is 0 Å². The van der Waals surface area contributed by atoms with E-state index >= 15 is 0 Å². The van der Waals surface area contributed by atoms with Gasteiger partial charge in [0.05, 0.1) is 159 Å². The van der Waals surface area contributed by atoms with Crippen LogP contribution in [0.5, 0.6) is 0 Å². The summed E-state index contributed by atoms with van der Waals surface area (Å²) in [6.45, 7) is 17.8. The van der Waals surface area contributed by atoms with Crippen molar-refractivity contribution in [2.75, 3.05) is 159 Å². The molecule has 51 heavy (non-hydrogen) atoms. The van der Waals surface area contributed by atoms with E-state index in [-0.39, 0.29) is 0 Å². The number of nitrogens with one attached hydrogen (secondary N) is 1. The molecule has 1 amide bonds. The molecule has 298 valence electrons. The minimum Gasteiger partial charge on any atom is -0.444 e. The number of amides is 1. The SMILES string of the molecule is CC(C)(C)OC(=O)NCCOCCOCCOCCOCCOCCOCCOCCOCCOCCOCCOCCOCc1ccccc1. The smallest absolute Gasteiger partial charge is 0.407 e. The lowest BCUT2D eigenvalue weighted by atomic mass is 10.2. The molecule has 0 atom stereocenters. The molecule has 0 aliphatic heterocycles. The van der Waals surface area contributed by atoms with Gasteiger partial charge in [0, 0.05) is 6.54 Å². The normalized spacial score (nSPS) is 11.7. The molecule has 1 rings (SSSR count). The van der Waals surface area contributed by atoms with Gasteiger partial charge in [0.15, 0.2) is 0 Å². The third-order valence-electron chi connectivity index (χ3n) is 6.12. The maximum absolute atomic E-state index is 11.5. The Hall–Kier alpha value is -1.99. The molecular formula is C36H65NO14. The summed E-state index contributed by atoms with van der Waals surface area (Å²) in [5.41, 5.74) is 0.643. The van der Waals surface area contributed by atoms with Gasteiger partial charge in [-0.05, 0) is 26.3 Å². The van der Waals surface area contributed by atoms with Gasteiger partial charge in [0.1, 0.15) is 5.60 Å². The minimum atomic E-state index is -0.513. The molecule has 0 spiro atoms. The Morgan fingerprint density at radius 2 is 0.706 bits per heavy atom. The third-order valence-corrected chi connectivity index (χ3v) is 6.12. The van der Waals surface area contributed by atoms with Crippen LogP contribution in [0.3, 0.4) is 0 Å². The third kappa shape index (κ3) is 37.6. The van der Waals surface area contributed by atoms with Gasteiger partial charge in [0.2, 0.25) is 0 Å². The number of ether oxygens (including phenoxy) is 13. The summed E-state index contributed by atoms with van der Waals surface area (Å²) in [4.78, 5) is 11.5. The number of rotatable bonds is 38. The van der Waals surface area contributed by atoms with Crippen molar-refractivity contribution in [2.45, 2.75) is 33.0 Å². The lowest BCUT2D eigenvalue weighted by Gasteiger charge is -2.19. The topological polar surface area (TPSA) is 149 Å². The first kappa shape index (κ1) is 47.0. The maximum atomic E-state index is 11.5. The Morgan fingerprint density at radius 3 is 1.00 bits per heavy atom. The fraction of sp³-hybridized carbons (Fsp3) is 0.806. The first-order valence-electron chi connectivity index (χ1n) is 17.9. The first-order valence-corrected chi connectivity index (χ1v) is 17.9. The van der Waals surface area contributed by atoms with Crippen LogP contribution in [0.15, 0.2) is 30.3 Å². The van der Waals surface area contributed by atoms with Crippen molar-refractivity contribution < 1.29 is 66.4 Å². The highest BCUT2D eigenvalue weighted by molar-refractivity contribution is 5.67. The molecular weight excluding hydrogens is 670 g/mol. The van der Waals surface area contributed by atoms with Crippen LogP contribution >= 0.6 is 0 Å². The predicted octanol–water partition coefficient (Wildman–Crippen LogP) is 2.91. The van der Waals surface area contributed by atoms with Crippen LogP contribution in [0.4, 0.5) is 4.79 Å². The summed E-state index contributed by atoms with van der Waals surface area (Å²) in [5, 5.41) is 2.63. The molecule has 0 unspecified atom stereocenters. The first-order chi connectivity index (χ1) is 25.0. The van der Waals surface area contributed by atoms with Gasteiger partial charge >= 0.3 is 6.09 Å². The molecule has 1 aromatic carbocycles. The van der Waals surface area contributed by atoms with E-state index in [0.717, 1.165) is 5.56 Å². The van der Waals surface area contributed by atoms with E-state index in [4.69, 9.17) is 61.6 Å². The summed E-state index contributed by atoms with van der Waals surface area (Å²) in [7, 11) is 0. The van der Waals surface area contributed by atoms with Gasteiger partial charge in [0.25, 0.3) is 0 Å². The largest absolute Gasteiger partial charge is 0.444 e. The van der Waals surface area contributed by atoms with Crippen LogP contribution in [0.1, 0.15) is 26.3 Å². The van der Waals surface area contributed by atoms with Crippen molar-refractivity contribution in [1.82, 2.24) is 5.32 Å². The van der Waals surface area contributed by atoms with Crippen LogP contribution in [0.2, 0.25) is 0 Å². The lowest BCUT2D eigenvalue weighted by Crippen LogP contribution is -2.34. The number of benzene rings is 1. The molecule has 0 saturated heterocycles. The van der Waals surface area contributed by atoms with Crippen molar-refractivity contribution in [3.63, 3.8) is 0 Å². The molecule has 15 heteroatoms. The molecule has 0 aliphatic rings. The zero-order valence-corrected chi connectivity index (χ0v) is 31.3. The van der Waals surface area contributed by atoms with Crippen molar-refractivity contribution in [3.05, 3.63) is 35.9 Å². The van der Waals surface area contributed by atoms with Crippen LogP contribution in [-0.2, 0) is 68.2 Å². The standard InChI is InChI=1S/C36H65NO14/c1-36(2,3)51-35(38)37-9-10-39-11-12-40-13-14-41-15-16-42-17-18-43-19-20-44-21-22-45-23-24-46-25-26-47-27-28-48-29-30-49-31-32-50-33-34-7-5-4-6-8-34/h4-8H,9-33H2,1-3H3,(H,37,38). The predicted molar refractivity (Wildman–Crippen MR) is 189 cm³/mol. The number of carbonyl (C=O) groups excluding carboxylic acids is 1. The van der Waals surface area contributed by atoms with E-state index in [9.17, 15) is 4.79 Å². The minimum absolute atomic E-state index is 0.382. The zero-order valence-electron chi connectivity index (χ0n) is 31.3. The maximum Gasteiger partial charge on any atom is 0.407 e. The fourth-order valence-corrected chi connectivity index (χ4v) is 3.72. The Kier molecular flexibility index (Phi) is 33.5. The number of carbonyl (C=O) groups is 1. The van der Waals surface area contributed by atoms with Crippen LogP contribution in [-0.4, -0.2) is 170 Å². The highest BCUT2D eigenvalue weighted by Gasteiger charge is 2.15. The van der Waals surface area contributed by atoms with Crippen LogP contribution < -0.4 is 5.32 Å². The Bertz CT molecular complexity index is 862. The number of hydrogen-bond donors (Lipinski definition) is 1. The molecule has 0 saturated carbocycles. The van der Waals surface area contributed by atoms with Crippen LogP contribution in [0.25, 0.3) is 0 Å².